The molecule has 0 aromatic carbocycles. The first-order chi connectivity index (χ1) is 5.90. The number of nitrogens with zero attached hydrogens (tertiary/aromatic N) is 1. The molecule has 0 aromatic rings. The van der Waals surface area contributed by atoms with Crippen molar-refractivity contribution >= 4 is 0 Å². The Morgan fingerprint density at radius 3 is 2.31 bits per heavy atom. The van der Waals surface area contributed by atoms with Gasteiger partial charge in [-0.1, -0.05) is 0 Å². The molecule has 0 aromatic heterocycles. The van der Waals surface area contributed by atoms with Crippen LogP contribution in [0.25, 0.3) is 0 Å². The van der Waals surface area contributed by atoms with Crippen LogP contribution in [0.1, 0.15) is 6.92 Å². The predicted octanol–water partition coefficient (Wildman–Crippen LogP) is 0.190. The van der Waals surface area contributed by atoms with E-state index in [-0.39, 0.29) is 25.7 Å². The molecule has 1 unspecified atom stereocenters. The zero-order valence-corrected chi connectivity index (χ0v) is 7.51. The van der Waals surface area contributed by atoms with Crippen LogP contribution in [-0.2, 0) is 0 Å². The Kier molecular flexibility index (Phi) is 5.27. The second-order valence-corrected chi connectivity index (χ2v) is 2.89. The Balaban J connectivity index is 4.09. The molecule has 0 fully saturated rings. The topological polar surface area (TPSA) is 49.5 Å². The number of aliphatic hydroxyl groups is 1. The normalized spacial score (nSPS) is 15.0. The average molecular weight is 200 g/mol. The predicted molar refractivity (Wildman–Crippen MR) is 43.2 cm³/mol. The highest BCUT2D eigenvalue weighted by molar-refractivity contribution is 4.70. The summed E-state index contributed by atoms with van der Waals surface area (Å²) in [6.07, 6.45) is -4.24. The molecule has 0 aliphatic heterocycles. The molecule has 0 rings (SSSR count). The molecular weight excluding hydrogens is 185 g/mol. The maximum Gasteiger partial charge on any atom is 0.401 e. The van der Waals surface area contributed by atoms with E-state index >= 15 is 0 Å². The summed E-state index contributed by atoms with van der Waals surface area (Å²) in [6.45, 7) is 0.432. The Morgan fingerprint density at radius 1 is 1.46 bits per heavy atom. The summed E-state index contributed by atoms with van der Waals surface area (Å²) in [7, 11) is 0. The first-order valence-electron chi connectivity index (χ1n) is 4.02. The van der Waals surface area contributed by atoms with E-state index in [1.807, 2.05) is 0 Å². The number of halogens is 3. The molecule has 0 saturated heterocycles. The van der Waals surface area contributed by atoms with Crippen molar-refractivity contribution in [2.45, 2.75) is 19.1 Å². The van der Waals surface area contributed by atoms with Gasteiger partial charge in [-0.25, -0.2) is 0 Å². The zero-order chi connectivity index (χ0) is 10.5. The van der Waals surface area contributed by atoms with E-state index in [9.17, 15) is 13.2 Å². The quantitative estimate of drug-likeness (QED) is 0.666. The maximum atomic E-state index is 12.0. The van der Waals surface area contributed by atoms with Crippen molar-refractivity contribution < 1.29 is 18.3 Å². The molecule has 0 bridgehead atoms. The van der Waals surface area contributed by atoms with E-state index in [4.69, 9.17) is 10.8 Å². The van der Waals surface area contributed by atoms with Crippen LogP contribution in [0.2, 0.25) is 0 Å². The van der Waals surface area contributed by atoms with Crippen LogP contribution in [0.4, 0.5) is 13.2 Å². The van der Waals surface area contributed by atoms with Gasteiger partial charge in [-0.15, -0.1) is 0 Å². The number of hydrogen-bond acceptors (Lipinski definition) is 3. The van der Waals surface area contributed by atoms with Gasteiger partial charge in [-0.2, -0.15) is 13.2 Å². The molecule has 3 N–H and O–H groups in total. The lowest BCUT2D eigenvalue weighted by Crippen LogP contribution is -2.45. The van der Waals surface area contributed by atoms with Crippen molar-refractivity contribution in [2.75, 3.05) is 26.2 Å². The largest absolute Gasteiger partial charge is 0.401 e. The second kappa shape index (κ2) is 5.41. The number of alkyl halides is 3. The van der Waals surface area contributed by atoms with Gasteiger partial charge in [0.2, 0.25) is 0 Å². The minimum Gasteiger partial charge on any atom is -0.395 e. The molecular formula is C7H15F3N2O. The van der Waals surface area contributed by atoms with Crippen molar-refractivity contribution in [3.8, 4) is 0 Å². The van der Waals surface area contributed by atoms with Crippen LogP contribution in [-0.4, -0.2) is 48.5 Å². The zero-order valence-electron chi connectivity index (χ0n) is 7.51. The fourth-order valence-corrected chi connectivity index (χ4v) is 0.963. The lowest BCUT2D eigenvalue weighted by molar-refractivity contribution is -0.150. The molecule has 3 nitrogen and oxygen atoms in total. The third-order valence-corrected chi connectivity index (χ3v) is 1.73. The first kappa shape index (κ1) is 12.7. The van der Waals surface area contributed by atoms with Gasteiger partial charge in [0, 0.05) is 19.1 Å². The third-order valence-electron chi connectivity index (χ3n) is 1.73. The summed E-state index contributed by atoms with van der Waals surface area (Å²) in [4.78, 5) is 1.11. The van der Waals surface area contributed by atoms with Crippen LogP contribution >= 0.6 is 0 Å². The molecule has 0 aliphatic carbocycles. The van der Waals surface area contributed by atoms with Crippen molar-refractivity contribution in [3.05, 3.63) is 0 Å². The Bertz CT molecular complexity index is 140. The molecule has 0 heterocycles. The summed E-state index contributed by atoms with van der Waals surface area (Å²) in [5, 5.41) is 8.53. The first-order valence-corrected chi connectivity index (χ1v) is 4.02. The van der Waals surface area contributed by atoms with Crippen molar-refractivity contribution in [1.29, 1.82) is 0 Å². The van der Waals surface area contributed by atoms with Gasteiger partial charge in [-0.05, 0) is 6.92 Å². The van der Waals surface area contributed by atoms with Crippen molar-refractivity contribution in [2.24, 2.45) is 5.73 Å². The lowest BCUT2D eigenvalue weighted by Gasteiger charge is -2.28. The monoisotopic (exact) mass is 200 g/mol. The van der Waals surface area contributed by atoms with Crippen LogP contribution in [0.5, 0.6) is 0 Å². The number of rotatable bonds is 5. The summed E-state index contributed by atoms with van der Waals surface area (Å²) in [6, 6.07) is -0.367. The summed E-state index contributed by atoms with van der Waals surface area (Å²) in [5.74, 6) is 0. The summed E-state index contributed by atoms with van der Waals surface area (Å²) >= 11 is 0. The standard InChI is InChI=1S/C7H15F3N2O/c1-6(4-11)12(2-3-13)5-7(8,9)10/h6,13H,2-5,11H2,1H3. The Hall–Kier alpha value is -0.330. The number of hydrogen-bond donors (Lipinski definition) is 2. The fraction of sp³-hybridized carbons (Fsp3) is 1.00. The van der Waals surface area contributed by atoms with Crippen LogP contribution in [0.3, 0.4) is 0 Å². The fourth-order valence-electron chi connectivity index (χ4n) is 0.963. The van der Waals surface area contributed by atoms with Gasteiger partial charge in [-0.3, -0.25) is 4.90 Å². The average Bonchev–Trinajstić information content (AvgIpc) is 2.00. The van der Waals surface area contributed by atoms with Gasteiger partial charge in [0.25, 0.3) is 0 Å². The Morgan fingerprint density at radius 2 is 2.00 bits per heavy atom. The molecule has 0 saturated carbocycles. The van der Waals surface area contributed by atoms with Crippen molar-refractivity contribution in [1.82, 2.24) is 4.90 Å². The van der Waals surface area contributed by atoms with E-state index in [0.717, 1.165) is 4.90 Å². The minimum atomic E-state index is -4.24. The molecule has 6 heteroatoms. The van der Waals surface area contributed by atoms with E-state index in [1.54, 1.807) is 6.92 Å². The van der Waals surface area contributed by atoms with E-state index in [0.29, 0.717) is 0 Å². The van der Waals surface area contributed by atoms with Gasteiger partial charge >= 0.3 is 6.18 Å². The van der Waals surface area contributed by atoms with E-state index in [1.165, 1.54) is 0 Å². The smallest absolute Gasteiger partial charge is 0.395 e. The number of aliphatic hydroxyl groups excluding tert-OH is 1. The van der Waals surface area contributed by atoms with Gasteiger partial charge in [0.05, 0.1) is 13.2 Å². The van der Waals surface area contributed by atoms with Gasteiger partial charge < -0.3 is 10.8 Å². The lowest BCUT2D eigenvalue weighted by atomic mass is 10.3. The van der Waals surface area contributed by atoms with E-state index in [2.05, 4.69) is 0 Å². The molecule has 0 spiro atoms. The van der Waals surface area contributed by atoms with E-state index < -0.39 is 12.7 Å². The van der Waals surface area contributed by atoms with Crippen LogP contribution in [0, 0.1) is 0 Å². The SMILES string of the molecule is CC(CN)N(CCO)CC(F)(F)F. The van der Waals surface area contributed by atoms with Gasteiger partial charge in [0.15, 0.2) is 0 Å². The summed E-state index contributed by atoms with van der Waals surface area (Å²) < 4.78 is 35.9. The minimum absolute atomic E-state index is 0.00211. The van der Waals surface area contributed by atoms with Gasteiger partial charge in [0.1, 0.15) is 0 Å². The maximum absolute atomic E-state index is 12.0. The van der Waals surface area contributed by atoms with Crippen LogP contribution in [0.15, 0.2) is 0 Å². The molecule has 0 amide bonds. The molecule has 13 heavy (non-hydrogen) atoms. The second-order valence-electron chi connectivity index (χ2n) is 2.89. The van der Waals surface area contributed by atoms with Crippen LogP contribution < -0.4 is 5.73 Å². The molecule has 0 radical (unpaired) electrons. The van der Waals surface area contributed by atoms with Crippen molar-refractivity contribution in [3.63, 3.8) is 0 Å². The number of nitrogens with two attached hydrogens (primary N) is 1. The third kappa shape index (κ3) is 5.84. The molecule has 1 atom stereocenters. The highest BCUT2D eigenvalue weighted by Gasteiger charge is 2.31. The highest BCUT2D eigenvalue weighted by Crippen LogP contribution is 2.17. The Labute approximate surface area is 75.3 Å². The summed E-state index contributed by atoms with van der Waals surface area (Å²) in [5.41, 5.74) is 5.23. The highest BCUT2D eigenvalue weighted by atomic mass is 19.4. The molecule has 0 aliphatic rings. The molecule has 80 valence electrons.